The third kappa shape index (κ3) is 6.41. The summed E-state index contributed by atoms with van der Waals surface area (Å²) in [5.74, 6) is -1.22. The van der Waals surface area contributed by atoms with Gasteiger partial charge in [0.15, 0.2) is 16.4 Å². The van der Waals surface area contributed by atoms with E-state index in [1.807, 2.05) is 71.5 Å². The average Bonchev–Trinajstić information content (AvgIpc) is 3.39. The van der Waals surface area contributed by atoms with E-state index >= 15 is 0 Å². The summed E-state index contributed by atoms with van der Waals surface area (Å²) in [6.45, 7) is 0.106. The van der Waals surface area contributed by atoms with Crippen molar-refractivity contribution in [2.45, 2.75) is 19.0 Å². The summed E-state index contributed by atoms with van der Waals surface area (Å²) in [6.07, 6.45) is 5.09. The van der Waals surface area contributed by atoms with Gasteiger partial charge < -0.3 is 10.1 Å². The molecule has 8 nitrogen and oxygen atoms in total. The van der Waals surface area contributed by atoms with Crippen molar-refractivity contribution in [3.63, 3.8) is 0 Å². The number of aromatic nitrogens is 2. The molecule has 3 aromatic rings. The lowest BCUT2D eigenvalue weighted by Crippen LogP contribution is -2.38. The SMILES string of the molecule is O=C(COC(=O)/C=C/c1cn(Cc2ccccc2)nc1-c1ccccc1)NC1CCS(=O)(=O)C1. The molecule has 1 atom stereocenters. The van der Waals surface area contributed by atoms with E-state index in [1.165, 1.54) is 6.08 Å². The summed E-state index contributed by atoms with van der Waals surface area (Å²) >= 11 is 0. The molecule has 0 bridgehead atoms. The van der Waals surface area contributed by atoms with E-state index in [0.717, 1.165) is 22.4 Å². The summed E-state index contributed by atoms with van der Waals surface area (Å²) in [6, 6.07) is 19.1. The lowest BCUT2D eigenvalue weighted by molar-refractivity contribution is -0.143. The number of carbonyl (C=O) groups excluding carboxylic acids is 2. The van der Waals surface area contributed by atoms with Crippen LogP contribution < -0.4 is 5.32 Å². The van der Waals surface area contributed by atoms with Gasteiger partial charge in [0.1, 0.15) is 0 Å². The topological polar surface area (TPSA) is 107 Å². The van der Waals surface area contributed by atoms with Crippen LogP contribution in [0, 0.1) is 0 Å². The van der Waals surface area contributed by atoms with E-state index in [4.69, 9.17) is 9.84 Å². The fraction of sp³-hybridized carbons (Fsp3) is 0.240. The molecular weight excluding hydrogens is 454 g/mol. The molecule has 34 heavy (non-hydrogen) atoms. The van der Waals surface area contributed by atoms with Crippen molar-refractivity contribution in [3.8, 4) is 11.3 Å². The van der Waals surface area contributed by atoms with Gasteiger partial charge in [-0.2, -0.15) is 5.10 Å². The first-order valence-corrected chi connectivity index (χ1v) is 12.7. The van der Waals surface area contributed by atoms with Gasteiger partial charge in [-0.1, -0.05) is 60.7 Å². The molecule has 1 fully saturated rings. The number of hydrogen-bond donors (Lipinski definition) is 1. The van der Waals surface area contributed by atoms with Crippen molar-refractivity contribution in [2.24, 2.45) is 0 Å². The average molecular weight is 480 g/mol. The zero-order chi connectivity index (χ0) is 24.0. The second kappa shape index (κ2) is 10.5. The van der Waals surface area contributed by atoms with Crippen molar-refractivity contribution in [1.82, 2.24) is 15.1 Å². The molecule has 1 aliphatic heterocycles. The van der Waals surface area contributed by atoms with Gasteiger partial charge in [0.25, 0.3) is 5.91 Å². The zero-order valence-electron chi connectivity index (χ0n) is 18.5. The molecule has 0 spiro atoms. The highest BCUT2D eigenvalue weighted by molar-refractivity contribution is 7.91. The molecular formula is C25H25N3O5S. The molecule has 1 aliphatic rings. The van der Waals surface area contributed by atoms with Gasteiger partial charge in [0, 0.05) is 29.4 Å². The maximum absolute atomic E-state index is 12.2. The maximum atomic E-state index is 12.2. The minimum atomic E-state index is -3.10. The third-order valence-electron chi connectivity index (χ3n) is 5.37. The number of benzene rings is 2. The number of amides is 1. The zero-order valence-corrected chi connectivity index (χ0v) is 19.3. The van der Waals surface area contributed by atoms with Crippen LogP contribution in [0.15, 0.2) is 72.9 Å². The highest BCUT2D eigenvalue weighted by atomic mass is 32.2. The van der Waals surface area contributed by atoms with Gasteiger partial charge in [0.2, 0.25) is 0 Å². The highest BCUT2D eigenvalue weighted by Crippen LogP contribution is 2.23. The first-order chi connectivity index (χ1) is 16.4. The minimum absolute atomic E-state index is 0.0577. The Morgan fingerprint density at radius 1 is 1.09 bits per heavy atom. The Labute approximate surface area is 198 Å². The third-order valence-corrected chi connectivity index (χ3v) is 7.13. The van der Waals surface area contributed by atoms with E-state index in [0.29, 0.717) is 13.0 Å². The predicted octanol–water partition coefficient (Wildman–Crippen LogP) is 2.46. The molecule has 1 amide bonds. The van der Waals surface area contributed by atoms with Crippen molar-refractivity contribution < 1.29 is 22.7 Å². The fourth-order valence-corrected chi connectivity index (χ4v) is 5.42. The molecule has 1 N–H and O–H groups in total. The molecule has 1 aromatic heterocycles. The summed E-state index contributed by atoms with van der Waals surface area (Å²) in [7, 11) is -3.10. The van der Waals surface area contributed by atoms with Crippen LogP contribution in [-0.2, 0) is 30.7 Å². The summed E-state index contributed by atoms with van der Waals surface area (Å²) in [4.78, 5) is 24.2. The summed E-state index contributed by atoms with van der Waals surface area (Å²) < 4.78 is 29.8. The lowest BCUT2D eigenvalue weighted by Gasteiger charge is -2.10. The van der Waals surface area contributed by atoms with Crippen LogP contribution in [0.5, 0.6) is 0 Å². The minimum Gasteiger partial charge on any atom is -0.452 e. The second-order valence-corrected chi connectivity index (χ2v) is 10.3. The number of sulfone groups is 1. The largest absolute Gasteiger partial charge is 0.452 e. The second-order valence-electron chi connectivity index (χ2n) is 8.09. The number of esters is 1. The molecule has 2 aromatic carbocycles. The van der Waals surface area contributed by atoms with Crippen LogP contribution >= 0.6 is 0 Å². The van der Waals surface area contributed by atoms with Crippen molar-refractivity contribution in [1.29, 1.82) is 0 Å². The van der Waals surface area contributed by atoms with Crippen LogP contribution in [-0.4, -0.2) is 54.2 Å². The smallest absolute Gasteiger partial charge is 0.331 e. The van der Waals surface area contributed by atoms with Crippen LogP contribution in [0.2, 0.25) is 0 Å². The predicted molar refractivity (Wildman–Crippen MR) is 128 cm³/mol. The number of ether oxygens (including phenoxy) is 1. The van der Waals surface area contributed by atoms with Gasteiger partial charge in [-0.05, 0) is 18.1 Å². The first kappa shape index (κ1) is 23.4. The monoisotopic (exact) mass is 479 g/mol. The first-order valence-electron chi connectivity index (χ1n) is 10.9. The Balaban J connectivity index is 1.40. The van der Waals surface area contributed by atoms with Gasteiger partial charge >= 0.3 is 5.97 Å². The number of nitrogens with one attached hydrogen (secondary N) is 1. The molecule has 0 radical (unpaired) electrons. The van der Waals surface area contributed by atoms with E-state index < -0.39 is 34.4 Å². The van der Waals surface area contributed by atoms with Crippen molar-refractivity contribution >= 4 is 27.8 Å². The number of rotatable bonds is 8. The molecule has 9 heteroatoms. The molecule has 1 unspecified atom stereocenters. The van der Waals surface area contributed by atoms with Gasteiger partial charge in [-0.3, -0.25) is 9.48 Å². The van der Waals surface area contributed by atoms with Crippen LogP contribution in [0.3, 0.4) is 0 Å². The number of hydrogen-bond acceptors (Lipinski definition) is 6. The fourth-order valence-electron chi connectivity index (χ4n) is 3.75. The van der Waals surface area contributed by atoms with Crippen LogP contribution in [0.4, 0.5) is 0 Å². The van der Waals surface area contributed by atoms with E-state index in [-0.39, 0.29) is 11.5 Å². The van der Waals surface area contributed by atoms with Crippen LogP contribution in [0.1, 0.15) is 17.5 Å². The van der Waals surface area contributed by atoms with E-state index in [2.05, 4.69) is 5.32 Å². The van der Waals surface area contributed by atoms with E-state index in [1.54, 1.807) is 6.08 Å². The standard InChI is InChI=1S/C25H25N3O5S/c29-23(26-22-13-14-34(31,32)18-22)17-33-24(30)12-11-21-16-28(15-19-7-3-1-4-8-19)27-25(21)20-9-5-2-6-10-20/h1-12,16,22H,13-15,17-18H2,(H,26,29)/b12-11+. The molecule has 176 valence electrons. The van der Waals surface area contributed by atoms with Gasteiger partial charge in [0.05, 0.1) is 23.7 Å². The van der Waals surface area contributed by atoms with Crippen molar-refractivity contribution in [3.05, 3.63) is 84.1 Å². The Morgan fingerprint density at radius 3 is 2.47 bits per heavy atom. The Kier molecular flexibility index (Phi) is 7.22. The summed E-state index contributed by atoms with van der Waals surface area (Å²) in [5, 5.41) is 7.29. The van der Waals surface area contributed by atoms with Crippen molar-refractivity contribution in [2.75, 3.05) is 18.1 Å². The molecule has 4 rings (SSSR count). The molecule has 2 heterocycles. The summed E-state index contributed by atoms with van der Waals surface area (Å²) in [5.41, 5.74) is 3.47. The molecule has 0 aliphatic carbocycles. The van der Waals surface area contributed by atoms with Gasteiger partial charge in [-0.25, -0.2) is 13.2 Å². The maximum Gasteiger partial charge on any atom is 0.331 e. The Morgan fingerprint density at radius 2 is 1.79 bits per heavy atom. The number of nitrogens with zero attached hydrogens (tertiary/aromatic N) is 2. The lowest BCUT2D eigenvalue weighted by atomic mass is 10.1. The highest BCUT2D eigenvalue weighted by Gasteiger charge is 2.29. The Bertz CT molecular complexity index is 1280. The normalized spacial score (nSPS) is 17.0. The van der Waals surface area contributed by atoms with Gasteiger partial charge in [-0.15, -0.1) is 0 Å². The molecule has 0 saturated carbocycles. The quantitative estimate of drug-likeness (QED) is 0.393. The van der Waals surface area contributed by atoms with Crippen LogP contribution in [0.25, 0.3) is 17.3 Å². The molecule has 1 saturated heterocycles. The Hall–Kier alpha value is -3.72. The van der Waals surface area contributed by atoms with E-state index in [9.17, 15) is 18.0 Å². The number of carbonyl (C=O) groups is 2.